The second-order valence-corrected chi connectivity index (χ2v) is 3.78. The molecule has 0 spiro atoms. The van der Waals surface area contributed by atoms with E-state index in [-0.39, 0.29) is 0 Å². The lowest BCUT2D eigenvalue weighted by Gasteiger charge is -2.20. The third-order valence-corrected chi connectivity index (χ3v) is 2.64. The molecule has 1 aliphatic rings. The highest BCUT2D eigenvalue weighted by Crippen LogP contribution is 2.21. The molecule has 4 nitrogen and oxygen atoms in total. The molecule has 5 heteroatoms. The van der Waals surface area contributed by atoms with Gasteiger partial charge >= 0.3 is 0 Å². The second kappa shape index (κ2) is 3.37. The van der Waals surface area contributed by atoms with E-state index in [1.54, 1.807) is 0 Å². The summed E-state index contributed by atoms with van der Waals surface area (Å²) in [6.07, 6.45) is 3.66. The van der Waals surface area contributed by atoms with Gasteiger partial charge in [0, 0.05) is 11.5 Å². The van der Waals surface area contributed by atoms with Gasteiger partial charge in [-0.05, 0) is 19.4 Å². The predicted octanol–water partition coefficient (Wildman–Crippen LogP) is 0.935. The molecular formula is C7H12N4S. The molecule has 1 unspecified atom stereocenters. The van der Waals surface area contributed by atoms with Crippen molar-refractivity contribution in [3.05, 3.63) is 5.82 Å². The SMILES string of the molecule is Nc1nc(C2CCCCN2)ns1. The summed E-state index contributed by atoms with van der Waals surface area (Å²) >= 11 is 1.27. The maximum atomic E-state index is 5.50. The van der Waals surface area contributed by atoms with Gasteiger partial charge in [-0.3, -0.25) is 0 Å². The van der Waals surface area contributed by atoms with E-state index in [2.05, 4.69) is 14.7 Å². The molecule has 3 N–H and O–H groups in total. The lowest BCUT2D eigenvalue weighted by Crippen LogP contribution is -2.27. The molecule has 66 valence electrons. The van der Waals surface area contributed by atoms with E-state index in [1.165, 1.54) is 24.4 Å². The number of nitrogens with two attached hydrogens (primary N) is 1. The van der Waals surface area contributed by atoms with Crippen molar-refractivity contribution in [2.45, 2.75) is 25.3 Å². The van der Waals surface area contributed by atoms with Crippen molar-refractivity contribution in [2.24, 2.45) is 0 Å². The average Bonchev–Trinajstić information content (AvgIpc) is 2.54. The third-order valence-electron chi connectivity index (χ3n) is 2.08. The molecule has 1 fully saturated rings. The average molecular weight is 184 g/mol. The molecule has 1 atom stereocenters. The van der Waals surface area contributed by atoms with Crippen LogP contribution in [0.1, 0.15) is 31.1 Å². The van der Waals surface area contributed by atoms with E-state index in [9.17, 15) is 0 Å². The van der Waals surface area contributed by atoms with Crippen LogP contribution in [0.4, 0.5) is 5.13 Å². The maximum absolute atomic E-state index is 5.50. The first-order chi connectivity index (χ1) is 5.86. The number of nitrogen functional groups attached to an aromatic ring is 1. The van der Waals surface area contributed by atoms with E-state index < -0.39 is 0 Å². The lowest BCUT2D eigenvalue weighted by atomic mass is 10.0. The number of anilines is 1. The summed E-state index contributed by atoms with van der Waals surface area (Å²) in [6.45, 7) is 1.07. The summed E-state index contributed by atoms with van der Waals surface area (Å²) in [5.41, 5.74) is 5.50. The van der Waals surface area contributed by atoms with Crippen LogP contribution in [0.25, 0.3) is 0 Å². The smallest absolute Gasteiger partial charge is 0.199 e. The Morgan fingerprint density at radius 1 is 1.50 bits per heavy atom. The van der Waals surface area contributed by atoms with Crippen molar-refractivity contribution in [1.82, 2.24) is 14.7 Å². The first-order valence-corrected chi connectivity index (χ1v) is 4.96. The number of nitrogens with zero attached hydrogens (tertiary/aromatic N) is 2. The van der Waals surface area contributed by atoms with Crippen molar-refractivity contribution >= 4 is 16.7 Å². The summed E-state index contributed by atoms with van der Waals surface area (Å²) < 4.78 is 4.18. The molecule has 0 saturated carbocycles. The van der Waals surface area contributed by atoms with Crippen LogP contribution in [-0.2, 0) is 0 Å². The lowest BCUT2D eigenvalue weighted by molar-refractivity contribution is 0.400. The molecule has 12 heavy (non-hydrogen) atoms. The van der Waals surface area contributed by atoms with Crippen LogP contribution in [0.2, 0.25) is 0 Å². The number of hydrogen-bond donors (Lipinski definition) is 2. The topological polar surface area (TPSA) is 63.8 Å². The largest absolute Gasteiger partial charge is 0.374 e. The molecule has 0 aromatic carbocycles. The summed E-state index contributed by atoms with van der Waals surface area (Å²) in [7, 11) is 0. The molecule has 1 aliphatic heterocycles. The van der Waals surface area contributed by atoms with Crippen molar-refractivity contribution in [3.63, 3.8) is 0 Å². The zero-order valence-electron chi connectivity index (χ0n) is 6.79. The van der Waals surface area contributed by atoms with Gasteiger partial charge in [-0.25, -0.2) is 4.98 Å². The van der Waals surface area contributed by atoms with Gasteiger partial charge in [0.05, 0.1) is 6.04 Å². The van der Waals surface area contributed by atoms with Gasteiger partial charge < -0.3 is 11.1 Å². The summed E-state index contributed by atoms with van der Waals surface area (Å²) in [6, 6.07) is 0.340. The molecule has 0 radical (unpaired) electrons. The number of rotatable bonds is 1. The monoisotopic (exact) mass is 184 g/mol. The Kier molecular flexibility index (Phi) is 2.23. The Balaban J connectivity index is 2.08. The normalized spacial score (nSPS) is 24.2. The molecule has 0 bridgehead atoms. The highest BCUT2D eigenvalue weighted by atomic mass is 32.1. The highest BCUT2D eigenvalue weighted by Gasteiger charge is 2.18. The standard InChI is InChI=1S/C7H12N4S/c8-7-10-6(11-12-7)5-3-1-2-4-9-5/h5,9H,1-4H2,(H2,8,10,11). The second-order valence-electron chi connectivity index (χ2n) is 2.99. The van der Waals surface area contributed by atoms with Crippen molar-refractivity contribution in [2.75, 3.05) is 12.3 Å². The van der Waals surface area contributed by atoms with E-state index in [0.29, 0.717) is 11.2 Å². The Labute approximate surface area is 75.4 Å². The van der Waals surface area contributed by atoms with Gasteiger partial charge in [-0.1, -0.05) is 6.42 Å². The highest BCUT2D eigenvalue weighted by molar-refractivity contribution is 7.09. The van der Waals surface area contributed by atoms with Crippen molar-refractivity contribution in [1.29, 1.82) is 0 Å². The first kappa shape index (κ1) is 7.94. The zero-order chi connectivity index (χ0) is 8.39. The van der Waals surface area contributed by atoms with Crippen LogP contribution in [-0.4, -0.2) is 15.9 Å². The minimum atomic E-state index is 0.340. The molecule has 1 aromatic heterocycles. The minimum absolute atomic E-state index is 0.340. The number of piperidine rings is 1. The maximum Gasteiger partial charge on any atom is 0.199 e. The summed E-state index contributed by atoms with van der Waals surface area (Å²) in [5, 5.41) is 3.94. The van der Waals surface area contributed by atoms with Gasteiger partial charge in [0.2, 0.25) is 0 Å². The quantitative estimate of drug-likeness (QED) is 0.681. The van der Waals surface area contributed by atoms with Crippen molar-refractivity contribution < 1.29 is 0 Å². The first-order valence-electron chi connectivity index (χ1n) is 4.19. The van der Waals surface area contributed by atoms with Crippen LogP contribution >= 0.6 is 11.5 Å². The van der Waals surface area contributed by atoms with Gasteiger partial charge in [0.15, 0.2) is 11.0 Å². The number of hydrogen-bond acceptors (Lipinski definition) is 5. The van der Waals surface area contributed by atoms with Gasteiger partial charge in [0.25, 0.3) is 0 Å². The molecular weight excluding hydrogens is 172 g/mol. The molecule has 1 aromatic rings. The zero-order valence-corrected chi connectivity index (χ0v) is 7.60. The van der Waals surface area contributed by atoms with Gasteiger partial charge in [0.1, 0.15) is 0 Å². The minimum Gasteiger partial charge on any atom is -0.374 e. The Morgan fingerprint density at radius 3 is 3.00 bits per heavy atom. The number of nitrogens with one attached hydrogen (secondary N) is 1. The fourth-order valence-electron chi connectivity index (χ4n) is 1.46. The van der Waals surface area contributed by atoms with Crippen LogP contribution in [0, 0.1) is 0 Å². The fourth-order valence-corrected chi connectivity index (χ4v) is 1.95. The van der Waals surface area contributed by atoms with E-state index in [1.807, 2.05) is 0 Å². The Bertz CT molecular complexity index is 254. The molecule has 0 amide bonds. The van der Waals surface area contributed by atoms with Crippen LogP contribution in [0.5, 0.6) is 0 Å². The summed E-state index contributed by atoms with van der Waals surface area (Å²) in [4.78, 5) is 4.16. The van der Waals surface area contributed by atoms with Gasteiger partial charge in [-0.2, -0.15) is 4.37 Å². The third kappa shape index (κ3) is 1.56. The predicted molar refractivity (Wildman–Crippen MR) is 48.9 cm³/mol. The van der Waals surface area contributed by atoms with Crippen LogP contribution < -0.4 is 11.1 Å². The van der Waals surface area contributed by atoms with Gasteiger partial charge in [-0.15, -0.1) is 0 Å². The van der Waals surface area contributed by atoms with E-state index in [0.717, 1.165) is 18.8 Å². The summed E-state index contributed by atoms with van der Waals surface area (Å²) in [5.74, 6) is 0.872. The fraction of sp³-hybridized carbons (Fsp3) is 0.714. The van der Waals surface area contributed by atoms with Crippen LogP contribution in [0.15, 0.2) is 0 Å². The van der Waals surface area contributed by atoms with Crippen LogP contribution in [0.3, 0.4) is 0 Å². The molecule has 2 rings (SSSR count). The molecule has 2 heterocycles. The van der Waals surface area contributed by atoms with E-state index in [4.69, 9.17) is 5.73 Å². The molecule has 0 aliphatic carbocycles. The van der Waals surface area contributed by atoms with E-state index >= 15 is 0 Å². The molecule has 1 saturated heterocycles. The van der Waals surface area contributed by atoms with Crippen molar-refractivity contribution in [3.8, 4) is 0 Å². The number of aromatic nitrogens is 2. The Hall–Kier alpha value is -0.680. The Morgan fingerprint density at radius 2 is 2.42 bits per heavy atom.